The van der Waals surface area contributed by atoms with Crippen LogP contribution in [0.3, 0.4) is 0 Å². The van der Waals surface area contributed by atoms with Crippen molar-refractivity contribution in [2.45, 2.75) is 66.0 Å². The van der Waals surface area contributed by atoms with Gasteiger partial charge in [0.25, 0.3) is 5.91 Å². The Hall–Kier alpha value is -3.66. The first-order valence-corrected chi connectivity index (χ1v) is 13.6. The zero-order chi connectivity index (χ0) is 29.5. The van der Waals surface area contributed by atoms with Crippen molar-refractivity contribution in [2.75, 3.05) is 27.1 Å². The molecule has 1 amide bonds. The third-order valence-electron chi connectivity index (χ3n) is 6.03. The number of benzene rings is 1. The Morgan fingerprint density at radius 2 is 1.88 bits per heavy atom. The molecule has 3 rings (SSSR count). The number of aryl methyl sites for hydroxylation is 1. The van der Waals surface area contributed by atoms with Gasteiger partial charge in [0, 0.05) is 18.9 Å². The molecule has 3 atom stereocenters. The van der Waals surface area contributed by atoms with Crippen LogP contribution < -0.4 is 14.8 Å². The second-order valence-electron chi connectivity index (χ2n) is 9.93. The molecule has 40 heavy (non-hydrogen) atoms. The summed E-state index contributed by atoms with van der Waals surface area (Å²) in [7, 11) is 1.40. The molecule has 2 heterocycles. The van der Waals surface area contributed by atoms with E-state index in [-0.39, 0.29) is 41.7 Å². The van der Waals surface area contributed by atoms with Gasteiger partial charge in [-0.05, 0) is 32.6 Å². The molecule has 0 radical (unpaired) electrons. The Bertz CT molecular complexity index is 1080. The van der Waals surface area contributed by atoms with Gasteiger partial charge >= 0.3 is 11.9 Å². The highest BCUT2D eigenvalue weighted by Gasteiger charge is 2.30. The van der Waals surface area contributed by atoms with Gasteiger partial charge in [-0.25, -0.2) is 9.78 Å². The molecule has 10 nitrogen and oxygen atoms in total. The molecule has 0 spiro atoms. The molecule has 1 aromatic heterocycles. The van der Waals surface area contributed by atoms with Crippen LogP contribution in [0.1, 0.15) is 63.0 Å². The number of carbonyl (C=O) groups excluding carboxylic acids is 3. The second kappa shape index (κ2) is 17.1. The van der Waals surface area contributed by atoms with Crippen LogP contribution in [0.5, 0.6) is 11.5 Å². The number of hydrogen-bond donors (Lipinski definition) is 1. The fraction of sp³-hybridized carbons (Fsp3) is 0.533. The van der Waals surface area contributed by atoms with Crippen LogP contribution in [0.2, 0.25) is 0 Å². The van der Waals surface area contributed by atoms with E-state index in [1.54, 1.807) is 13.8 Å². The number of nitrogens with zero attached hydrogens (tertiary/aromatic N) is 1. The van der Waals surface area contributed by atoms with Crippen LogP contribution >= 0.6 is 0 Å². The highest BCUT2D eigenvalue weighted by atomic mass is 16.7. The molecule has 10 heteroatoms. The highest BCUT2D eigenvalue weighted by Crippen LogP contribution is 2.29. The van der Waals surface area contributed by atoms with Gasteiger partial charge in [0.1, 0.15) is 0 Å². The first-order chi connectivity index (χ1) is 19.2. The molecule has 1 saturated heterocycles. The standard InChI is InChI=1S/C23H34N2O8.C7H8/c1-6-7-16-10-15(4)33-23(28)17(12-30-11-16)25-21(26)19-20(18(29-5)8-9-24-19)31-13-32-22(27)14(2)3;1-7-5-3-2-4-6-7/h8-9,14-17H,6-7,10-13H2,1-5H3,(H,25,26);2-6H,1H3/t15?,16?,17-;/m0./s1. The van der Waals surface area contributed by atoms with E-state index < -0.39 is 30.7 Å². The minimum atomic E-state index is -1.01. The van der Waals surface area contributed by atoms with Gasteiger partial charge in [0.15, 0.2) is 23.2 Å². The Morgan fingerprint density at radius 3 is 2.48 bits per heavy atom. The summed E-state index contributed by atoms with van der Waals surface area (Å²) in [4.78, 5) is 41.4. The number of cyclic esters (lactones) is 1. The van der Waals surface area contributed by atoms with Crippen LogP contribution in [0.15, 0.2) is 42.6 Å². The summed E-state index contributed by atoms with van der Waals surface area (Å²) >= 11 is 0. The van der Waals surface area contributed by atoms with Crippen molar-refractivity contribution in [3.8, 4) is 11.5 Å². The molecule has 2 unspecified atom stereocenters. The quantitative estimate of drug-likeness (QED) is 0.350. The number of ether oxygens (including phenoxy) is 5. The molecule has 1 aliphatic rings. The summed E-state index contributed by atoms with van der Waals surface area (Å²) in [5, 5.41) is 2.61. The number of rotatable bonds is 9. The van der Waals surface area contributed by atoms with Crippen LogP contribution in [-0.2, 0) is 23.8 Å². The Kier molecular flexibility index (Phi) is 13.9. The average Bonchev–Trinajstić information content (AvgIpc) is 2.98. The third kappa shape index (κ3) is 10.8. The topological polar surface area (TPSA) is 122 Å². The van der Waals surface area contributed by atoms with Crippen molar-refractivity contribution < 1.29 is 38.1 Å². The van der Waals surface area contributed by atoms with Crippen LogP contribution in [0, 0.1) is 18.8 Å². The molecule has 1 aromatic carbocycles. The van der Waals surface area contributed by atoms with Gasteiger partial charge in [0.2, 0.25) is 6.79 Å². The molecule has 0 aliphatic carbocycles. The number of carbonyl (C=O) groups is 3. The van der Waals surface area contributed by atoms with E-state index in [0.717, 1.165) is 12.8 Å². The number of aromatic nitrogens is 1. The van der Waals surface area contributed by atoms with Gasteiger partial charge in [-0.2, -0.15) is 0 Å². The summed E-state index contributed by atoms with van der Waals surface area (Å²) in [6.45, 7) is 9.42. The number of hydrogen-bond acceptors (Lipinski definition) is 9. The molecule has 220 valence electrons. The van der Waals surface area contributed by atoms with E-state index >= 15 is 0 Å². The van der Waals surface area contributed by atoms with E-state index in [4.69, 9.17) is 23.7 Å². The fourth-order valence-corrected chi connectivity index (χ4v) is 3.96. The Morgan fingerprint density at radius 1 is 1.15 bits per heavy atom. The van der Waals surface area contributed by atoms with Gasteiger partial charge < -0.3 is 29.0 Å². The summed E-state index contributed by atoms with van der Waals surface area (Å²) in [5.41, 5.74) is 1.20. The number of methoxy groups -OCH3 is 1. The van der Waals surface area contributed by atoms with E-state index in [9.17, 15) is 14.4 Å². The van der Waals surface area contributed by atoms with Gasteiger partial charge in [-0.1, -0.05) is 63.1 Å². The van der Waals surface area contributed by atoms with Gasteiger partial charge in [-0.15, -0.1) is 0 Å². The lowest BCUT2D eigenvalue weighted by Gasteiger charge is -2.20. The SMILES string of the molecule is CCCC1COC[C@H](NC(=O)c2nccc(OC)c2OCOC(=O)C(C)C)C(=O)OC(C)C1.Cc1ccccc1. The van der Waals surface area contributed by atoms with Crippen molar-refractivity contribution in [2.24, 2.45) is 11.8 Å². The Balaban J connectivity index is 0.000000693. The van der Waals surface area contributed by atoms with Gasteiger partial charge in [0.05, 0.1) is 25.7 Å². The molecule has 0 bridgehead atoms. The summed E-state index contributed by atoms with van der Waals surface area (Å²) in [5.74, 6) is -1.56. The lowest BCUT2D eigenvalue weighted by molar-refractivity contribution is -0.154. The van der Waals surface area contributed by atoms with Crippen molar-refractivity contribution in [3.63, 3.8) is 0 Å². The fourth-order valence-electron chi connectivity index (χ4n) is 3.96. The maximum atomic E-state index is 13.0. The highest BCUT2D eigenvalue weighted by molar-refractivity contribution is 5.98. The smallest absolute Gasteiger partial charge is 0.331 e. The summed E-state index contributed by atoms with van der Waals surface area (Å²) < 4.78 is 27.0. The zero-order valence-electron chi connectivity index (χ0n) is 24.3. The number of esters is 2. The second-order valence-corrected chi connectivity index (χ2v) is 9.93. The van der Waals surface area contributed by atoms with Crippen molar-refractivity contribution >= 4 is 17.8 Å². The minimum absolute atomic E-state index is 0.0113. The lowest BCUT2D eigenvalue weighted by Crippen LogP contribution is -2.45. The summed E-state index contributed by atoms with van der Waals surface area (Å²) in [6, 6.07) is 10.8. The van der Waals surface area contributed by atoms with Crippen molar-refractivity contribution in [1.82, 2.24) is 10.3 Å². The third-order valence-corrected chi connectivity index (χ3v) is 6.03. The number of nitrogens with one attached hydrogen (secondary N) is 1. The predicted octanol–water partition coefficient (Wildman–Crippen LogP) is 4.49. The van der Waals surface area contributed by atoms with E-state index in [1.807, 2.05) is 25.1 Å². The summed E-state index contributed by atoms with van der Waals surface area (Å²) in [6.07, 6.45) is 3.75. The molecule has 2 aromatic rings. The van der Waals surface area contributed by atoms with Gasteiger partial charge in [-0.3, -0.25) is 9.59 Å². The number of pyridine rings is 1. The van der Waals surface area contributed by atoms with Crippen molar-refractivity contribution in [1.29, 1.82) is 0 Å². The number of amides is 1. The maximum absolute atomic E-state index is 13.0. The minimum Gasteiger partial charge on any atom is -0.493 e. The van der Waals surface area contributed by atoms with Crippen LogP contribution in [0.4, 0.5) is 0 Å². The van der Waals surface area contributed by atoms with E-state index in [0.29, 0.717) is 13.0 Å². The maximum Gasteiger partial charge on any atom is 0.331 e. The lowest BCUT2D eigenvalue weighted by atomic mass is 9.98. The molecular formula is C30H42N2O8. The zero-order valence-corrected chi connectivity index (χ0v) is 24.3. The van der Waals surface area contributed by atoms with Crippen LogP contribution in [-0.4, -0.2) is 62.1 Å². The van der Waals surface area contributed by atoms with Crippen molar-refractivity contribution in [3.05, 3.63) is 53.9 Å². The monoisotopic (exact) mass is 558 g/mol. The van der Waals surface area contributed by atoms with E-state index in [1.165, 1.54) is 24.9 Å². The van der Waals surface area contributed by atoms with Crippen LogP contribution in [0.25, 0.3) is 0 Å². The first-order valence-electron chi connectivity index (χ1n) is 13.6. The first kappa shape index (κ1) is 32.6. The molecule has 1 fully saturated rings. The molecule has 1 aliphatic heterocycles. The molecule has 1 N–H and O–H groups in total. The largest absolute Gasteiger partial charge is 0.493 e. The normalized spacial score (nSPS) is 19.1. The predicted molar refractivity (Wildman–Crippen MR) is 149 cm³/mol. The van der Waals surface area contributed by atoms with E-state index in [2.05, 4.69) is 36.3 Å². The Labute approximate surface area is 236 Å². The average molecular weight is 559 g/mol. The molecular weight excluding hydrogens is 516 g/mol. The molecule has 0 saturated carbocycles.